The maximum Gasteiger partial charge on any atom is 0.268 e. The van der Waals surface area contributed by atoms with Gasteiger partial charge in [-0.1, -0.05) is 38.8 Å². The number of carbonyl (C=O) groups is 2. The molecule has 1 atom stereocenters. The lowest BCUT2D eigenvalue weighted by Gasteiger charge is -2.28. The number of aromatic nitrogens is 3. The molecule has 0 spiro atoms. The van der Waals surface area contributed by atoms with Crippen LogP contribution >= 0.6 is 0 Å². The summed E-state index contributed by atoms with van der Waals surface area (Å²) in [7, 11) is 2.04. The average Bonchev–Trinajstić information content (AvgIpc) is 3.41. The first-order valence-electron chi connectivity index (χ1n) is 12.1. The van der Waals surface area contributed by atoms with Crippen molar-refractivity contribution in [3.05, 3.63) is 52.1 Å². The highest BCUT2D eigenvalue weighted by atomic mass is 16.2. The predicted octanol–water partition coefficient (Wildman–Crippen LogP) is 5.33. The fourth-order valence-corrected chi connectivity index (χ4v) is 5.56. The number of benzene rings is 1. The molecule has 33 heavy (non-hydrogen) atoms. The van der Waals surface area contributed by atoms with E-state index < -0.39 is 0 Å². The molecule has 174 valence electrons. The van der Waals surface area contributed by atoms with Gasteiger partial charge in [0.2, 0.25) is 0 Å². The Kier molecular flexibility index (Phi) is 5.22. The van der Waals surface area contributed by atoms with Gasteiger partial charge >= 0.3 is 0 Å². The lowest BCUT2D eigenvalue weighted by Crippen LogP contribution is -2.31. The summed E-state index contributed by atoms with van der Waals surface area (Å²) in [6.45, 7) is 8.19. The molecule has 0 saturated heterocycles. The van der Waals surface area contributed by atoms with Crippen LogP contribution in [0.1, 0.15) is 95.5 Å². The van der Waals surface area contributed by atoms with Crippen molar-refractivity contribution < 1.29 is 9.59 Å². The Labute approximate surface area is 195 Å². The van der Waals surface area contributed by atoms with Crippen molar-refractivity contribution in [2.24, 2.45) is 18.4 Å². The van der Waals surface area contributed by atoms with Gasteiger partial charge in [0, 0.05) is 24.7 Å². The topological polar surface area (TPSA) is 79.8 Å². The number of fused-ring (bicyclic) bond motifs is 2. The summed E-state index contributed by atoms with van der Waals surface area (Å²) >= 11 is 0. The molecule has 5 rings (SSSR count). The van der Waals surface area contributed by atoms with Gasteiger partial charge in [-0.05, 0) is 61.6 Å². The van der Waals surface area contributed by atoms with Gasteiger partial charge in [-0.25, -0.2) is 4.98 Å². The fourth-order valence-electron chi connectivity index (χ4n) is 5.56. The average molecular weight is 447 g/mol. The third kappa shape index (κ3) is 4.00. The van der Waals surface area contributed by atoms with Crippen LogP contribution in [-0.4, -0.2) is 26.2 Å². The van der Waals surface area contributed by atoms with E-state index in [0.29, 0.717) is 17.7 Å². The molecule has 2 heterocycles. The molecule has 1 saturated carbocycles. The Balaban J connectivity index is 1.47. The van der Waals surface area contributed by atoms with Crippen molar-refractivity contribution in [1.82, 2.24) is 19.9 Å². The van der Waals surface area contributed by atoms with Crippen molar-refractivity contribution in [1.29, 1.82) is 0 Å². The van der Waals surface area contributed by atoms with Crippen LogP contribution in [-0.2, 0) is 13.5 Å². The number of carbonyl (C=O) groups excluding carboxylic acids is 2. The largest absolute Gasteiger partial charge is 0.354 e. The zero-order valence-corrected chi connectivity index (χ0v) is 20.3. The van der Waals surface area contributed by atoms with Gasteiger partial charge in [0.15, 0.2) is 5.78 Å². The highest BCUT2D eigenvalue weighted by Crippen LogP contribution is 2.38. The first-order chi connectivity index (χ1) is 15.6. The van der Waals surface area contributed by atoms with Crippen LogP contribution in [0.15, 0.2) is 18.2 Å². The van der Waals surface area contributed by atoms with Gasteiger partial charge in [0.1, 0.15) is 11.5 Å². The van der Waals surface area contributed by atoms with Gasteiger partial charge in [0.05, 0.1) is 17.1 Å². The minimum atomic E-state index is -0.179. The number of H-pyrrole nitrogens is 1. The standard InChI is InChI=1S/C27H34N4O2/c1-15-7-6-8-18-24(15)31(5)25(29-18)19(12-11-17-9-10-17)30-26(33)23-16(2)22-20(28-23)13-27(3,4)14-21(22)32/h6-8,17,19,28H,9-14H2,1-5H3,(H,30,33). The van der Waals surface area contributed by atoms with Gasteiger partial charge < -0.3 is 14.9 Å². The lowest BCUT2D eigenvalue weighted by molar-refractivity contribution is 0.0908. The molecular formula is C27H34N4O2. The van der Waals surface area contributed by atoms with E-state index in [2.05, 4.69) is 41.7 Å². The van der Waals surface area contributed by atoms with Crippen LogP contribution in [0.2, 0.25) is 0 Å². The van der Waals surface area contributed by atoms with Gasteiger partial charge in [0.25, 0.3) is 5.91 Å². The van der Waals surface area contributed by atoms with Crippen molar-refractivity contribution in [3.8, 4) is 0 Å². The highest BCUT2D eigenvalue weighted by Gasteiger charge is 2.36. The van der Waals surface area contributed by atoms with Gasteiger partial charge in [-0.3, -0.25) is 9.59 Å². The number of ketones is 1. The predicted molar refractivity (Wildman–Crippen MR) is 130 cm³/mol. The number of aromatic amines is 1. The number of amides is 1. The molecule has 6 heteroatoms. The summed E-state index contributed by atoms with van der Waals surface area (Å²) in [5.41, 5.74) is 6.04. The number of hydrogen-bond acceptors (Lipinski definition) is 3. The van der Waals surface area contributed by atoms with Gasteiger partial charge in [-0.15, -0.1) is 0 Å². The molecular weight excluding hydrogens is 412 g/mol. The number of aryl methyl sites for hydroxylation is 2. The molecule has 6 nitrogen and oxygen atoms in total. The number of hydrogen-bond donors (Lipinski definition) is 2. The van der Waals surface area contributed by atoms with Crippen molar-refractivity contribution in [3.63, 3.8) is 0 Å². The zero-order valence-electron chi connectivity index (χ0n) is 20.3. The van der Waals surface area contributed by atoms with E-state index >= 15 is 0 Å². The Morgan fingerprint density at radius 1 is 1.27 bits per heavy atom. The number of para-hydroxylation sites is 1. The van der Waals surface area contributed by atoms with Crippen molar-refractivity contribution >= 4 is 22.7 Å². The van der Waals surface area contributed by atoms with Crippen LogP contribution in [0.3, 0.4) is 0 Å². The molecule has 2 N–H and O–H groups in total. The van der Waals surface area contributed by atoms with Crippen molar-refractivity contribution in [2.75, 3.05) is 0 Å². The molecule has 1 amide bonds. The quantitative estimate of drug-likeness (QED) is 0.537. The molecule has 1 unspecified atom stereocenters. The normalized spacial score (nSPS) is 18.4. The number of Topliss-reactive ketones (excluding diaryl/α,β-unsaturated/α-hetero) is 1. The van der Waals surface area contributed by atoms with Crippen LogP contribution in [0.5, 0.6) is 0 Å². The molecule has 2 aliphatic carbocycles. The molecule has 1 aromatic carbocycles. The summed E-state index contributed by atoms with van der Waals surface area (Å²) in [6.07, 6.45) is 5.80. The maximum absolute atomic E-state index is 13.5. The summed E-state index contributed by atoms with van der Waals surface area (Å²) in [5.74, 6) is 1.63. The first-order valence-corrected chi connectivity index (χ1v) is 12.1. The Hall–Kier alpha value is -2.89. The molecule has 0 radical (unpaired) electrons. The Morgan fingerprint density at radius 2 is 2.03 bits per heavy atom. The molecule has 0 aliphatic heterocycles. The van der Waals surface area contributed by atoms with E-state index in [-0.39, 0.29) is 23.1 Å². The minimum absolute atomic E-state index is 0.0904. The van der Waals surface area contributed by atoms with E-state index in [1.165, 1.54) is 18.4 Å². The molecule has 1 fully saturated rings. The number of nitrogens with one attached hydrogen (secondary N) is 2. The number of imidazole rings is 1. The van der Waals surface area contributed by atoms with Crippen LogP contribution in [0.25, 0.3) is 11.0 Å². The zero-order chi connectivity index (χ0) is 23.5. The highest BCUT2D eigenvalue weighted by molar-refractivity contribution is 6.04. The van der Waals surface area contributed by atoms with E-state index in [4.69, 9.17) is 4.98 Å². The number of nitrogens with zero attached hydrogens (tertiary/aromatic N) is 2. The number of rotatable bonds is 6. The summed E-state index contributed by atoms with van der Waals surface area (Å²) in [5, 5.41) is 3.27. The van der Waals surface area contributed by atoms with Crippen LogP contribution in [0.4, 0.5) is 0 Å². The SMILES string of the molecule is Cc1c(C(=O)NC(CCC2CC2)c2nc3cccc(C)c3n2C)[nH]c2c1C(=O)CC(C)(C)C2. The minimum Gasteiger partial charge on any atom is -0.354 e. The fraction of sp³-hybridized carbons (Fsp3) is 0.519. The second kappa shape index (κ2) is 7.86. The molecule has 2 aromatic heterocycles. The monoisotopic (exact) mass is 446 g/mol. The van der Waals surface area contributed by atoms with E-state index in [1.54, 1.807) is 0 Å². The second-order valence-electron chi connectivity index (χ2n) is 10.9. The molecule has 3 aromatic rings. The Bertz CT molecular complexity index is 1260. The Morgan fingerprint density at radius 3 is 2.73 bits per heavy atom. The summed E-state index contributed by atoms with van der Waals surface area (Å²) < 4.78 is 2.13. The summed E-state index contributed by atoms with van der Waals surface area (Å²) in [4.78, 5) is 34.5. The van der Waals surface area contributed by atoms with E-state index in [0.717, 1.165) is 53.3 Å². The van der Waals surface area contributed by atoms with Crippen LogP contribution < -0.4 is 5.32 Å². The van der Waals surface area contributed by atoms with E-state index in [9.17, 15) is 9.59 Å². The lowest BCUT2D eigenvalue weighted by atomic mass is 9.75. The first kappa shape index (κ1) is 21.9. The van der Waals surface area contributed by atoms with Gasteiger partial charge in [-0.2, -0.15) is 0 Å². The second-order valence-corrected chi connectivity index (χ2v) is 10.9. The molecule has 2 aliphatic rings. The van der Waals surface area contributed by atoms with Crippen molar-refractivity contribution in [2.45, 2.75) is 72.3 Å². The van der Waals surface area contributed by atoms with E-state index in [1.807, 2.05) is 26.1 Å². The smallest absolute Gasteiger partial charge is 0.268 e. The molecule has 0 bridgehead atoms. The third-order valence-corrected chi connectivity index (χ3v) is 7.44. The summed E-state index contributed by atoms with van der Waals surface area (Å²) in [6, 6.07) is 5.97. The third-order valence-electron chi connectivity index (χ3n) is 7.44. The van der Waals surface area contributed by atoms with Crippen LogP contribution in [0, 0.1) is 25.2 Å². The maximum atomic E-state index is 13.5.